The summed E-state index contributed by atoms with van der Waals surface area (Å²) in [6.45, 7) is 8.40. The first kappa shape index (κ1) is 18.9. The summed E-state index contributed by atoms with van der Waals surface area (Å²) in [7, 11) is 0. The van der Waals surface area contributed by atoms with Gasteiger partial charge in [0.15, 0.2) is 0 Å². The van der Waals surface area contributed by atoms with Gasteiger partial charge in [-0.3, -0.25) is 19.0 Å². The van der Waals surface area contributed by atoms with Crippen LogP contribution < -0.4 is 5.56 Å². The molecule has 0 radical (unpaired) electrons. The summed E-state index contributed by atoms with van der Waals surface area (Å²) in [5.74, 6) is -0.625. The molecule has 1 aliphatic rings. The van der Waals surface area contributed by atoms with E-state index in [2.05, 4.69) is 11.6 Å². The van der Waals surface area contributed by atoms with Gasteiger partial charge in [-0.1, -0.05) is 6.08 Å². The molecule has 2 aromatic rings. The summed E-state index contributed by atoms with van der Waals surface area (Å²) in [6.07, 6.45) is 4.34. The lowest BCUT2D eigenvalue weighted by molar-refractivity contribution is -0.149. The minimum Gasteiger partial charge on any atom is -0.466 e. The fraction of sp³-hybridized carbons (Fsp3) is 0.474. The Kier molecular flexibility index (Phi) is 5.43. The van der Waals surface area contributed by atoms with Crippen LogP contribution in [0.25, 0.3) is 11.1 Å². The second-order valence-electron chi connectivity index (χ2n) is 6.55. The molecular weight excluding hydrogens is 350 g/mol. The molecule has 144 valence electrons. The maximum Gasteiger partial charge on any atom is 0.310 e. The predicted octanol–water partition coefficient (Wildman–Crippen LogP) is 1.90. The van der Waals surface area contributed by atoms with Crippen LogP contribution in [0.2, 0.25) is 0 Å². The highest BCUT2D eigenvalue weighted by atomic mass is 16.5. The molecule has 8 nitrogen and oxygen atoms in total. The largest absolute Gasteiger partial charge is 0.466 e. The van der Waals surface area contributed by atoms with Crippen LogP contribution in [0.1, 0.15) is 35.9 Å². The number of carbonyl (C=O) groups excluding carboxylic acids is 2. The van der Waals surface area contributed by atoms with Crippen LogP contribution in [0, 0.1) is 12.8 Å². The van der Waals surface area contributed by atoms with E-state index in [1.54, 1.807) is 24.8 Å². The maximum absolute atomic E-state index is 13.2. The van der Waals surface area contributed by atoms with E-state index < -0.39 is 0 Å². The first-order chi connectivity index (χ1) is 13.0. The van der Waals surface area contributed by atoms with E-state index in [-0.39, 0.29) is 53.1 Å². The third-order valence-electron chi connectivity index (χ3n) is 4.72. The van der Waals surface area contributed by atoms with E-state index >= 15 is 0 Å². The lowest BCUT2D eigenvalue weighted by Gasteiger charge is -2.31. The molecule has 1 fully saturated rings. The number of piperidine rings is 1. The summed E-state index contributed by atoms with van der Waals surface area (Å²) in [5.41, 5.74) is 0.00425. The monoisotopic (exact) mass is 373 g/mol. The Labute approximate surface area is 156 Å². The molecule has 1 unspecified atom stereocenters. The summed E-state index contributed by atoms with van der Waals surface area (Å²) in [6, 6.07) is 0. The normalized spacial score (nSPS) is 17.1. The second kappa shape index (κ2) is 7.77. The van der Waals surface area contributed by atoms with Gasteiger partial charge in [-0.05, 0) is 26.7 Å². The van der Waals surface area contributed by atoms with Crippen molar-refractivity contribution in [1.29, 1.82) is 0 Å². The lowest BCUT2D eigenvalue weighted by Crippen LogP contribution is -2.43. The molecule has 0 spiro atoms. The molecule has 27 heavy (non-hydrogen) atoms. The van der Waals surface area contributed by atoms with Crippen molar-refractivity contribution in [2.75, 3.05) is 19.7 Å². The molecule has 0 aromatic carbocycles. The summed E-state index contributed by atoms with van der Waals surface area (Å²) in [5, 5.41) is 0.167. The highest BCUT2D eigenvalue weighted by molar-refractivity contribution is 6.06. The predicted molar refractivity (Wildman–Crippen MR) is 98.5 cm³/mol. The third-order valence-corrected chi connectivity index (χ3v) is 4.72. The number of aromatic nitrogens is 2. The number of allylic oxidation sites excluding steroid dienone is 1. The zero-order valence-electron chi connectivity index (χ0n) is 15.6. The number of likely N-dealkylation sites (tertiary alicyclic amines) is 1. The van der Waals surface area contributed by atoms with Crippen molar-refractivity contribution in [3.8, 4) is 0 Å². The van der Waals surface area contributed by atoms with Crippen molar-refractivity contribution >= 4 is 23.0 Å². The SMILES string of the molecule is C=CCn1cnc2oc(C)c(C(=O)N3CCCC(C(=O)OCC)C3)c2c1=O. The average molecular weight is 373 g/mol. The molecule has 1 atom stereocenters. The molecule has 0 aliphatic carbocycles. The van der Waals surface area contributed by atoms with Gasteiger partial charge >= 0.3 is 5.97 Å². The molecule has 0 saturated carbocycles. The number of esters is 1. The molecule has 2 aromatic heterocycles. The fourth-order valence-corrected chi connectivity index (χ4v) is 3.44. The van der Waals surface area contributed by atoms with Crippen molar-refractivity contribution in [3.05, 3.63) is 40.7 Å². The van der Waals surface area contributed by atoms with Crippen molar-refractivity contribution in [3.63, 3.8) is 0 Å². The third kappa shape index (κ3) is 3.51. The Morgan fingerprint density at radius 2 is 2.26 bits per heavy atom. The van der Waals surface area contributed by atoms with Crippen LogP contribution in [0.3, 0.4) is 0 Å². The van der Waals surface area contributed by atoms with Crippen molar-refractivity contribution in [2.45, 2.75) is 33.2 Å². The van der Waals surface area contributed by atoms with Gasteiger partial charge in [0.05, 0.1) is 18.1 Å². The van der Waals surface area contributed by atoms with Crippen molar-refractivity contribution in [1.82, 2.24) is 14.5 Å². The quantitative estimate of drug-likeness (QED) is 0.587. The zero-order chi connectivity index (χ0) is 19.6. The van der Waals surface area contributed by atoms with E-state index in [1.165, 1.54) is 10.9 Å². The van der Waals surface area contributed by atoms with Crippen LogP contribution in [0.5, 0.6) is 0 Å². The Morgan fingerprint density at radius 3 is 2.96 bits per heavy atom. The van der Waals surface area contributed by atoms with Gasteiger partial charge in [0, 0.05) is 19.6 Å². The fourth-order valence-electron chi connectivity index (χ4n) is 3.44. The highest BCUT2D eigenvalue weighted by Gasteiger charge is 2.33. The van der Waals surface area contributed by atoms with Gasteiger partial charge < -0.3 is 14.1 Å². The molecule has 1 saturated heterocycles. The molecule has 8 heteroatoms. The van der Waals surface area contributed by atoms with E-state index in [1.807, 2.05) is 0 Å². The molecule has 1 amide bonds. The van der Waals surface area contributed by atoms with Crippen LogP contribution in [-0.2, 0) is 16.1 Å². The molecule has 3 heterocycles. The number of ether oxygens (including phenoxy) is 1. The molecular formula is C19H23N3O5. The van der Waals surface area contributed by atoms with Crippen LogP contribution in [-0.4, -0.2) is 46.0 Å². The summed E-state index contributed by atoms with van der Waals surface area (Å²) < 4.78 is 12.0. The van der Waals surface area contributed by atoms with Gasteiger partial charge in [-0.25, -0.2) is 4.98 Å². The smallest absolute Gasteiger partial charge is 0.310 e. The van der Waals surface area contributed by atoms with E-state index in [4.69, 9.17) is 9.15 Å². The number of furan rings is 1. The number of hydrogen-bond acceptors (Lipinski definition) is 6. The number of fused-ring (bicyclic) bond motifs is 1. The van der Waals surface area contributed by atoms with E-state index in [0.29, 0.717) is 31.8 Å². The molecule has 1 aliphatic heterocycles. The van der Waals surface area contributed by atoms with Crippen LogP contribution in [0.4, 0.5) is 0 Å². The average Bonchev–Trinajstić information content (AvgIpc) is 3.00. The van der Waals surface area contributed by atoms with Gasteiger partial charge in [0.1, 0.15) is 17.5 Å². The molecule has 3 rings (SSSR count). The number of rotatable bonds is 5. The van der Waals surface area contributed by atoms with Gasteiger partial charge in [-0.2, -0.15) is 0 Å². The van der Waals surface area contributed by atoms with Gasteiger partial charge in [0.2, 0.25) is 5.71 Å². The van der Waals surface area contributed by atoms with Gasteiger partial charge in [0.25, 0.3) is 11.5 Å². The number of aryl methyl sites for hydroxylation is 1. The van der Waals surface area contributed by atoms with Crippen LogP contribution in [0.15, 0.2) is 28.2 Å². The minimum atomic E-state index is -0.350. The van der Waals surface area contributed by atoms with Crippen molar-refractivity contribution < 1.29 is 18.7 Å². The Morgan fingerprint density at radius 1 is 1.48 bits per heavy atom. The molecule has 0 N–H and O–H groups in total. The Bertz CT molecular complexity index is 943. The first-order valence-electron chi connectivity index (χ1n) is 9.03. The summed E-state index contributed by atoms with van der Waals surface area (Å²) >= 11 is 0. The number of amides is 1. The number of nitrogens with zero attached hydrogens (tertiary/aromatic N) is 3. The zero-order valence-corrected chi connectivity index (χ0v) is 15.6. The second-order valence-corrected chi connectivity index (χ2v) is 6.55. The summed E-state index contributed by atoms with van der Waals surface area (Å²) in [4.78, 5) is 43.7. The van der Waals surface area contributed by atoms with E-state index in [9.17, 15) is 14.4 Å². The van der Waals surface area contributed by atoms with Crippen molar-refractivity contribution in [2.24, 2.45) is 5.92 Å². The minimum absolute atomic E-state index is 0.139. The lowest BCUT2D eigenvalue weighted by atomic mass is 9.97. The topological polar surface area (TPSA) is 94.6 Å². The van der Waals surface area contributed by atoms with Gasteiger partial charge in [-0.15, -0.1) is 6.58 Å². The molecule has 0 bridgehead atoms. The maximum atomic E-state index is 13.2. The number of hydrogen-bond donors (Lipinski definition) is 0. The standard InChI is InChI=1S/C19H23N3O5/c1-4-8-22-11-20-16-15(18(22)24)14(12(3)27-16)17(23)21-9-6-7-13(10-21)19(25)26-5-2/h4,11,13H,1,5-10H2,2-3H3. The Hall–Kier alpha value is -2.90. The Balaban J connectivity index is 1.96. The van der Waals surface area contributed by atoms with E-state index in [0.717, 1.165) is 0 Å². The first-order valence-corrected chi connectivity index (χ1v) is 9.03. The van der Waals surface area contributed by atoms with Crippen LogP contribution >= 0.6 is 0 Å². The highest BCUT2D eigenvalue weighted by Crippen LogP contribution is 2.26. The number of carbonyl (C=O) groups is 2.